The molecule has 0 aliphatic rings. The highest BCUT2D eigenvalue weighted by Gasteiger charge is 2.15. The summed E-state index contributed by atoms with van der Waals surface area (Å²) in [6, 6.07) is 4.63. The van der Waals surface area contributed by atoms with Gasteiger partial charge in [-0.1, -0.05) is 19.9 Å². The summed E-state index contributed by atoms with van der Waals surface area (Å²) in [5, 5.41) is 41.2. The van der Waals surface area contributed by atoms with Gasteiger partial charge in [0.1, 0.15) is 11.5 Å². The maximum Gasteiger partial charge on any atom is 0.122 e. The zero-order valence-corrected chi connectivity index (χ0v) is 13.5. The topological polar surface area (TPSA) is 93.0 Å². The van der Waals surface area contributed by atoms with E-state index in [4.69, 9.17) is 0 Å². The van der Waals surface area contributed by atoms with Gasteiger partial charge in [-0.3, -0.25) is 0 Å². The van der Waals surface area contributed by atoms with Crippen LogP contribution in [0.25, 0.3) is 0 Å². The summed E-state index contributed by atoms with van der Waals surface area (Å²) in [7, 11) is 0. The van der Waals surface area contributed by atoms with Crippen molar-refractivity contribution in [2.24, 2.45) is 11.8 Å². The Morgan fingerprint density at radius 3 is 2.41 bits per heavy atom. The van der Waals surface area contributed by atoms with Crippen molar-refractivity contribution >= 4 is 0 Å². The van der Waals surface area contributed by atoms with Crippen LogP contribution in [0.2, 0.25) is 0 Å². The maximum atomic E-state index is 9.87. The van der Waals surface area contributed by atoms with Gasteiger partial charge >= 0.3 is 0 Å². The zero-order valence-electron chi connectivity index (χ0n) is 13.5. The van der Waals surface area contributed by atoms with E-state index in [-0.39, 0.29) is 36.7 Å². The molecule has 0 saturated heterocycles. The number of aliphatic hydroxyl groups excluding tert-OH is 2. The van der Waals surface area contributed by atoms with Crippen molar-refractivity contribution < 1.29 is 20.4 Å². The van der Waals surface area contributed by atoms with Crippen molar-refractivity contribution in [2.45, 2.75) is 39.2 Å². The zero-order chi connectivity index (χ0) is 16.5. The monoisotopic (exact) mass is 311 g/mol. The second-order valence-electron chi connectivity index (χ2n) is 6.31. The number of rotatable bonds is 10. The first-order chi connectivity index (χ1) is 10.5. The summed E-state index contributed by atoms with van der Waals surface area (Å²) in [4.78, 5) is 0. The number of phenolic OH excluding ortho intramolecular Hbond substituents is 2. The number of hydrogen-bond donors (Lipinski definition) is 5. The summed E-state index contributed by atoms with van der Waals surface area (Å²) >= 11 is 0. The van der Waals surface area contributed by atoms with Gasteiger partial charge in [-0.25, -0.2) is 0 Å². The molecule has 5 N–H and O–H groups in total. The molecule has 0 aliphatic heterocycles. The lowest BCUT2D eigenvalue weighted by molar-refractivity contribution is 0.208. The first-order valence-electron chi connectivity index (χ1n) is 7.92. The second kappa shape index (κ2) is 9.66. The van der Waals surface area contributed by atoms with Crippen molar-refractivity contribution in [1.82, 2.24) is 5.32 Å². The molecule has 1 rings (SSSR count). The molecular formula is C17H29NO4. The standard InChI is InChI=1S/C17H29NO4/c1-12(2)7-15(11-20)18-10-13(5-6-19)8-14-3-4-16(21)9-17(14)22/h3-4,9,12-13,15,18-22H,5-8,10-11H2,1-2H3. The third-order valence-electron chi connectivity index (χ3n) is 3.79. The van der Waals surface area contributed by atoms with Gasteiger partial charge in [0.15, 0.2) is 0 Å². The average Bonchev–Trinajstić information content (AvgIpc) is 2.45. The Morgan fingerprint density at radius 2 is 1.86 bits per heavy atom. The number of hydrogen-bond acceptors (Lipinski definition) is 5. The molecule has 0 radical (unpaired) electrons. The largest absolute Gasteiger partial charge is 0.508 e. The number of benzene rings is 1. The summed E-state index contributed by atoms with van der Waals surface area (Å²) in [6.07, 6.45) is 2.12. The second-order valence-corrected chi connectivity index (χ2v) is 6.31. The van der Waals surface area contributed by atoms with E-state index in [0.717, 1.165) is 12.0 Å². The van der Waals surface area contributed by atoms with E-state index in [2.05, 4.69) is 19.2 Å². The lowest BCUT2D eigenvalue weighted by Gasteiger charge is -2.23. The molecule has 0 spiro atoms. The molecule has 5 nitrogen and oxygen atoms in total. The van der Waals surface area contributed by atoms with Gasteiger partial charge in [-0.15, -0.1) is 0 Å². The van der Waals surface area contributed by atoms with E-state index >= 15 is 0 Å². The first-order valence-corrected chi connectivity index (χ1v) is 7.92. The van der Waals surface area contributed by atoms with Crippen LogP contribution in [0.1, 0.15) is 32.3 Å². The van der Waals surface area contributed by atoms with E-state index in [1.807, 2.05) is 0 Å². The Kier molecular flexibility index (Phi) is 8.24. The Labute approximate surface area is 132 Å². The summed E-state index contributed by atoms with van der Waals surface area (Å²) in [5.41, 5.74) is 0.752. The van der Waals surface area contributed by atoms with Crippen molar-refractivity contribution in [3.8, 4) is 11.5 Å². The van der Waals surface area contributed by atoms with Gasteiger partial charge in [0.2, 0.25) is 0 Å². The quantitative estimate of drug-likeness (QED) is 0.453. The number of phenols is 2. The molecule has 0 aliphatic carbocycles. The highest BCUT2D eigenvalue weighted by atomic mass is 16.3. The third kappa shape index (κ3) is 6.64. The fourth-order valence-corrected chi connectivity index (χ4v) is 2.62. The lowest BCUT2D eigenvalue weighted by Crippen LogP contribution is -2.37. The Morgan fingerprint density at radius 1 is 1.14 bits per heavy atom. The van der Waals surface area contributed by atoms with Crippen LogP contribution in [0.4, 0.5) is 0 Å². The van der Waals surface area contributed by atoms with E-state index in [0.29, 0.717) is 25.3 Å². The van der Waals surface area contributed by atoms with E-state index in [1.54, 1.807) is 12.1 Å². The molecule has 1 aromatic carbocycles. The Bertz CT molecular complexity index is 437. The van der Waals surface area contributed by atoms with Crippen molar-refractivity contribution in [2.75, 3.05) is 19.8 Å². The van der Waals surface area contributed by atoms with Crippen molar-refractivity contribution in [3.63, 3.8) is 0 Å². The van der Waals surface area contributed by atoms with Gasteiger partial charge in [0, 0.05) is 18.7 Å². The normalized spacial score (nSPS) is 14.2. The molecule has 2 unspecified atom stereocenters. The average molecular weight is 311 g/mol. The van der Waals surface area contributed by atoms with Crippen LogP contribution in [0.3, 0.4) is 0 Å². The maximum absolute atomic E-state index is 9.87. The molecule has 1 aromatic rings. The predicted molar refractivity (Wildman–Crippen MR) is 87.0 cm³/mol. The predicted octanol–water partition coefficient (Wildman–Crippen LogP) is 1.64. The summed E-state index contributed by atoms with van der Waals surface area (Å²) in [6.45, 7) is 5.07. The molecule has 126 valence electrons. The first kappa shape index (κ1) is 18.7. The Balaban J connectivity index is 2.60. The van der Waals surface area contributed by atoms with Crippen LogP contribution in [-0.4, -0.2) is 46.2 Å². The van der Waals surface area contributed by atoms with Crippen LogP contribution in [0.15, 0.2) is 18.2 Å². The van der Waals surface area contributed by atoms with Gasteiger partial charge in [-0.2, -0.15) is 0 Å². The number of aliphatic hydroxyl groups is 2. The van der Waals surface area contributed by atoms with Crippen LogP contribution < -0.4 is 5.32 Å². The SMILES string of the molecule is CC(C)CC(CO)NCC(CCO)Cc1ccc(O)cc1O. The molecule has 0 bridgehead atoms. The molecule has 0 aromatic heterocycles. The molecule has 0 heterocycles. The van der Waals surface area contributed by atoms with Crippen LogP contribution in [0, 0.1) is 11.8 Å². The molecule has 2 atom stereocenters. The minimum atomic E-state index is 0.0374. The van der Waals surface area contributed by atoms with E-state index < -0.39 is 0 Å². The molecule has 22 heavy (non-hydrogen) atoms. The van der Waals surface area contributed by atoms with E-state index in [1.165, 1.54) is 6.07 Å². The van der Waals surface area contributed by atoms with Gasteiger partial charge in [0.05, 0.1) is 6.61 Å². The van der Waals surface area contributed by atoms with Crippen LogP contribution in [0.5, 0.6) is 11.5 Å². The lowest BCUT2D eigenvalue weighted by atomic mass is 9.95. The third-order valence-corrected chi connectivity index (χ3v) is 3.79. The minimum Gasteiger partial charge on any atom is -0.508 e. The van der Waals surface area contributed by atoms with Crippen molar-refractivity contribution in [1.29, 1.82) is 0 Å². The highest BCUT2D eigenvalue weighted by Crippen LogP contribution is 2.25. The number of nitrogens with one attached hydrogen (secondary N) is 1. The molecular weight excluding hydrogens is 282 g/mol. The summed E-state index contributed by atoms with van der Waals surface area (Å²) in [5.74, 6) is 0.767. The highest BCUT2D eigenvalue weighted by molar-refractivity contribution is 5.39. The van der Waals surface area contributed by atoms with Gasteiger partial charge < -0.3 is 25.7 Å². The smallest absolute Gasteiger partial charge is 0.122 e. The van der Waals surface area contributed by atoms with E-state index in [9.17, 15) is 20.4 Å². The van der Waals surface area contributed by atoms with Crippen LogP contribution >= 0.6 is 0 Å². The number of aromatic hydroxyl groups is 2. The van der Waals surface area contributed by atoms with Crippen LogP contribution in [-0.2, 0) is 6.42 Å². The Hall–Kier alpha value is -1.30. The van der Waals surface area contributed by atoms with Crippen molar-refractivity contribution in [3.05, 3.63) is 23.8 Å². The van der Waals surface area contributed by atoms with Gasteiger partial charge in [0.25, 0.3) is 0 Å². The molecule has 0 fully saturated rings. The molecule has 0 saturated carbocycles. The van der Waals surface area contributed by atoms with Gasteiger partial charge in [-0.05, 0) is 49.3 Å². The minimum absolute atomic E-state index is 0.0374. The summed E-state index contributed by atoms with van der Waals surface area (Å²) < 4.78 is 0. The molecule has 0 amide bonds. The fourth-order valence-electron chi connectivity index (χ4n) is 2.62. The fraction of sp³-hybridized carbons (Fsp3) is 0.647. The molecule has 5 heteroatoms.